The van der Waals surface area contributed by atoms with Crippen LogP contribution in [-0.4, -0.2) is 4.98 Å². The smallest absolute Gasteiger partial charge is 0.135 e. The molecule has 22 heavy (non-hydrogen) atoms. The Kier molecular flexibility index (Phi) is 2.25. The van der Waals surface area contributed by atoms with Gasteiger partial charge >= 0.3 is 0 Å². The van der Waals surface area contributed by atoms with Gasteiger partial charge in [0.15, 0.2) is 0 Å². The summed E-state index contributed by atoms with van der Waals surface area (Å²) in [7, 11) is 0. The van der Waals surface area contributed by atoms with E-state index < -0.39 is 0 Å². The van der Waals surface area contributed by atoms with Gasteiger partial charge in [-0.15, -0.1) is 0 Å². The highest BCUT2D eigenvalue weighted by Crippen LogP contribution is 2.40. The number of aromatic nitrogens is 1. The zero-order valence-corrected chi connectivity index (χ0v) is 11.8. The van der Waals surface area contributed by atoms with Crippen molar-refractivity contribution in [1.82, 2.24) is 4.98 Å². The van der Waals surface area contributed by atoms with Gasteiger partial charge in [-0.1, -0.05) is 42.5 Å². The molecule has 2 heteroatoms. The lowest BCUT2D eigenvalue weighted by atomic mass is 10.0. The minimum Gasteiger partial charge on any atom is -0.456 e. The summed E-state index contributed by atoms with van der Waals surface area (Å²) < 4.78 is 6.15. The second kappa shape index (κ2) is 4.25. The third kappa shape index (κ3) is 1.55. The number of para-hydroxylation sites is 2. The van der Waals surface area contributed by atoms with Gasteiger partial charge in [-0.25, -0.2) is 0 Å². The van der Waals surface area contributed by atoms with Crippen LogP contribution in [0.15, 0.2) is 60.7 Å². The molecule has 0 saturated heterocycles. The number of ether oxygens (including phenoxy) is 1. The maximum Gasteiger partial charge on any atom is 0.135 e. The maximum absolute atomic E-state index is 6.15. The average molecular weight is 283 g/mol. The fraction of sp³-hybridized carbons (Fsp3) is 0. The van der Waals surface area contributed by atoms with Gasteiger partial charge in [-0.05, 0) is 30.3 Å². The molecule has 0 saturated carbocycles. The lowest BCUT2D eigenvalue weighted by Crippen LogP contribution is -1.87. The molecule has 1 aromatic heterocycles. The van der Waals surface area contributed by atoms with Crippen LogP contribution in [0.2, 0.25) is 0 Å². The topological polar surface area (TPSA) is 25.0 Å². The monoisotopic (exact) mass is 283 g/mol. The number of H-pyrrole nitrogens is 1. The fourth-order valence-corrected chi connectivity index (χ4v) is 3.21. The highest BCUT2D eigenvalue weighted by molar-refractivity contribution is 6.12. The molecule has 4 aromatic rings. The second-order valence-corrected chi connectivity index (χ2v) is 5.54. The van der Waals surface area contributed by atoms with Crippen molar-refractivity contribution < 1.29 is 4.74 Å². The van der Waals surface area contributed by atoms with Crippen molar-refractivity contribution in [3.8, 4) is 11.5 Å². The van der Waals surface area contributed by atoms with E-state index in [1.54, 1.807) is 0 Å². The van der Waals surface area contributed by atoms with Gasteiger partial charge in [0.1, 0.15) is 11.5 Å². The van der Waals surface area contributed by atoms with E-state index in [2.05, 4.69) is 53.5 Å². The van der Waals surface area contributed by atoms with Crippen LogP contribution in [0.5, 0.6) is 11.5 Å². The number of nitrogens with one attached hydrogen (secondary N) is 1. The number of aromatic amines is 1. The third-order valence-electron chi connectivity index (χ3n) is 4.24. The average Bonchev–Trinajstić information content (AvgIpc) is 2.83. The van der Waals surface area contributed by atoms with Crippen LogP contribution in [-0.2, 0) is 0 Å². The van der Waals surface area contributed by atoms with E-state index >= 15 is 0 Å². The molecule has 3 aromatic carbocycles. The summed E-state index contributed by atoms with van der Waals surface area (Å²) in [5.41, 5.74) is 4.53. The zero-order valence-electron chi connectivity index (χ0n) is 11.8. The van der Waals surface area contributed by atoms with Gasteiger partial charge in [0.25, 0.3) is 0 Å². The first-order valence-electron chi connectivity index (χ1n) is 7.38. The predicted molar refractivity (Wildman–Crippen MR) is 91.2 cm³/mol. The maximum atomic E-state index is 6.15. The first kappa shape index (κ1) is 11.6. The summed E-state index contributed by atoms with van der Waals surface area (Å²) in [4.78, 5) is 3.48. The van der Waals surface area contributed by atoms with E-state index in [9.17, 15) is 0 Å². The van der Waals surface area contributed by atoms with Crippen LogP contribution in [0.4, 0.5) is 0 Å². The Morgan fingerprint density at radius 1 is 0.682 bits per heavy atom. The molecule has 0 amide bonds. The van der Waals surface area contributed by atoms with E-state index in [1.807, 2.05) is 24.3 Å². The fourth-order valence-electron chi connectivity index (χ4n) is 3.21. The summed E-state index contributed by atoms with van der Waals surface area (Å²) in [6.45, 7) is 0. The number of fused-ring (bicyclic) bond motifs is 6. The molecule has 0 unspecified atom stereocenters. The van der Waals surface area contributed by atoms with Gasteiger partial charge in [0, 0.05) is 32.9 Å². The molecule has 5 rings (SSSR count). The summed E-state index contributed by atoms with van der Waals surface area (Å²) in [6.07, 6.45) is 4.28. The van der Waals surface area contributed by atoms with E-state index in [4.69, 9.17) is 4.74 Å². The number of hydrogen-bond acceptors (Lipinski definition) is 1. The van der Waals surface area contributed by atoms with Crippen LogP contribution in [0.3, 0.4) is 0 Å². The third-order valence-corrected chi connectivity index (χ3v) is 4.24. The molecule has 104 valence electrons. The van der Waals surface area contributed by atoms with Gasteiger partial charge in [0.2, 0.25) is 0 Å². The molecule has 1 aliphatic rings. The molecule has 0 fully saturated rings. The summed E-state index contributed by atoms with van der Waals surface area (Å²) >= 11 is 0. The molecule has 1 N–H and O–H groups in total. The van der Waals surface area contributed by atoms with Crippen LogP contribution in [0.1, 0.15) is 11.1 Å². The van der Waals surface area contributed by atoms with Gasteiger partial charge in [-0.2, -0.15) is 0 Å². The molecule has 0 radical (unpaired) electrons. The zero-order chi connectivity index (χ0) is 14.5. The van der Waals surface area contributed by atoms with Crippen LogP contribution < -0.4 is 4.74 Å². The van der Waals surface area contributed by atoms with Crippen LogP contribution in [0, 0.1) is 0 Å². The molecule has 0 spiro atoms. The van der Waals surface area contributed by atoms with Crippen molar-refractivity contribution in [2.45, 2.75) is 0 Å². The molecule has 0 bridgehead atoms. The van der Waals surface area contributed by atoms with Crippen molar-refractivity contribution in [2.75, 3.05) is 0 Å². The minimum atomic E-state index is 0.900. The summed E-state index contributed by atoms with van der Waals surface area (Å²) in [5.74, 6) is 1.80. The van der Waals surface area contributed by atoms with Crippen LogP contribution >= 0.6 is 0 Å². The van der Waals surface area contributed by atoms with Gasteiger partial charge < -0.3 is 9.72 Å². The number of rotatable bonds is 0. The van der Waals surface area contributed by atoms with Crippen LogP contribution in [0.25, 0.3) is 34.0 Å². The Hall–Kier alpha value is -3.00. The van der Waals surface area contributed by atoms with Crippen molar-refractivity contribution in [3.63, 3.8) is 0 Å². The molecular weight excluding hydrogens is 270 g/mol. The van der Waals surface area contributed by atoms with E-state index in [-0.39, 0.29) is 0 Å². The molecule has 1 aliphatic heterocycles. The van der Waals surface area contributed by atoms with Crippen molar-refractivity contribution >= 4 is 34.0 Å². The minimum absolute atomic E-state index is 0.900. The van der Waals surface area contributed by atoms with Gasteiger partial charge in [0.05, 0.1) is 0 Å². The van der Waals surface area contributed by atoms with Crippen molar-refractivity contribution in [3.05, 3.63) is 71.8 Å². The Morgan fingerprint density at radius 2 is 1.55 bits per heavy atom. The highest BCUT2D eigenvalue weighted by atomic mass is 16.5. The summed E-state index contributed by atoms with van der Waals surface area (Å²) in [6, 6.07) is 20.6. The highest BCUT2D eigenvalue weighted by Gasteiger charge is 2.15. The van der Waals surface area contributed by atoms with E-state index in [0.717, 1.165) is 33.7 Å². The standard InChI is InChI=1S/C20H13NO/c1-4-8-18-13(5-1)9-10-15-19(22-18)12-11-17-20(15)14-6-2-3-7-16(14)21-17/h1-12,21H. The largest absolute Gasteiger partial charge is 0.456 e. The molecule has 2 nitrogen and oxygen atoms in total. The number of hydrogen-bond donors (Lipinski definition) is 1. The molecule has 0 aliphatic carbocycles. The lowest BCUT2D eigenvalue weighted by molar-refractivity contribution is 0.482. The molecule has 0 atom stereocenters. The molecule has 2 heterocycles. The van der Waals surface area contributed by atoms with Gasteiger partial charge in [-0.3, -0.25) is 0 Å². The first-order chi connectivity index (χ1) is 10.9. The normalized spacial score (nSPS) is 12.7. The van der Waals surface area contributed by atoms with E-state index in [1.165, 1.54) is 10.8 Å². The Balaban J connectivity index is 1.88. The number of benzene rings is 3. The SMILES string of the molecule is C1=Cc2c(ccc3[nH]c4ccccc4c23)Oc2ccccc21. The van der Waals surface area contributed by atoms with E-state index in [0.29, 0.717) is 0 Å². The quantitative estimate of drug-likeness (QED) is 0.393. The Morgan fingerprint density at radius 3 is 2.55 bits per heavy atom. The molecular formula is C20H13NO. The second-order valence-electron chi connectivity index (χ2n) is 5.54. The first-order valence-corrected chi connectivity index (χ1v) is 7.38. The summed E-state index contributed by atoms with van der Waals surface area (Å²) in [5, 5.41) is 2.45. The Bertz CT molecular complexity index is 1060. The lowest BCUT2D eigenvalue weighted by Gasteiger charge is -2.09. The Labute approximate surface area is 127 Å². The van der Waals surface area contributed by atoms with Crippen molar-refractivity contribution in [2.24, 2.45) is 0 Å². The predicted octanol–water partition coefficient (Wildman–Crippen LogP) is 5.60. The van der Waals surface area contributed by atoms with Crippen molar-refractivity contribution in [1.29, 1.82) is 0 Å².